The third-order valence-electron chi connectivity index (χ3n) is 2.77. The number of hydrogen-bond donors (Lipinski definition) is 1. The Kier molecular flexibility index (Phi) is 3.82. The van der Waals surface area contributed by atoms with Crippen molar-refractivity contribution >= 4 is 0 Å². The average molecular weight is 276 g/mol. The van der Waals surface area contributed by atoms with Gasteiger partial charge in [-0.05, 0) is 24.6 Å². The van der Waals surface area contributed by atoms with Crippen molar-refractivity contribution < 1.29 is 18.3 Å². The highest BCUT2D eigenvalue weighted by Gasteiger charge is 2.19. The van der Waals surface area contributed by atoms with Crippen molar-refractivity contribution in [3.05, 3.63) is 71.0 Å². The quantitative estimate of drug-likeness (QED) is 0.625. The molecule has 2 aromatic carbocycles. The summed E-state index contributed by atoms with van der Waals surface area (Å²) in [5, 5.41) is 10.2. The predicted octanol–water partition coefficient (Wildman–Crippen LogP) is 3.36. The highest BCUT2D eigenvalue weighted by atomic mass is 19.2. The Labute approximate surface area is 114 Å². The largest absolute Gasteiger partial charge is 0.374 e. The molecule has 0 radical (unpaired) electrons. The Morgan fingerprint density at radius 3 is 2.10 bits per heavy atom. The van der Waals surface area contributed by atoms with E-state index >= 15 is 0 Å². The second-order valence-electron chi connectivity index (χ2n) is 4.44. The van der Waals surface area contributed by atoms with Gasteiger partial charge in [0.25, 0.3) is 0 Å². The first-order valence-electron chi connectivity index (χ1n) is 5.86. The third kappa shape index (κ3) is 3.01. The smallest absolute Gasteiger partial charge is 0.194 e. The molecular weight excluding hydrogens is 265 g/mol. The van der Waals surface area contributed by atoms with Crippen LogP contribution in [-0.4, -0.2) is 5.11 Å². The van der Waals surface area contributed by atoms with Crippen molar-refractivity contribution in [3.8, 4) is 11.8 Å². The lowest BCUT2D eigenvalue weighted by Crippen LogP contribution is -2.18. The first-order chi connectivity index (χ1) is 9.40. The second kappa shape index (κ2) is 5.40. The standard InChI is InChI=1S/C16H11F3O/c1-16(20,12-5-3-2-4-6-12)8-7-11-9-13(17)15(19)14(18)10-11/h2-6,9-10,20H,1H3. The van der Waals surface area contributed by atoms with Crippen LogP contribution in [0.4, 0.5) is 13.2 Å². The fraction of sp³-hybridized carbons (Fsp3) is 0.125. The van der Waals surface area contributed by atoms with Gasteiger partial charge in [0.1, 0.15) is 5.60 Å². The number of hydrogen-bond acceptors (Lipinski definition) is 1. The van der Waals surface area contributed by atoms with Gasteiger partial charge < -0.3 is 5.11 Å². The van der Waals surface area contributed by atoms with Gasteiger partial charge in [-0.25, -0.2) is 13.2 Å². The van der Waals surface area contributed by atoms with Gasteiger partial charge >= 0.3 is 0 Å². The third-order valence-corrected chi connectivity index (χ3v) is 2.77. The molecule has 0 spiro atoms. The first-order valence-corrected chi connectivity index (χ1v) is 5.86. The summed E-state index contributed by atoms with van der Waals surface area (Å²) in [6.07, 6.45) is 0. The molecule has 0 aromatic heterocycles. The van der Waals surface area contributed by atoms with Crippen molar-refractivity contribution in [2.45, 2.75) is 12.5 Å². The van der Waals surface area contributed by atoms with Gasteiger partial charge in [-0.1, -0.05) is 42.2 Å². The molecule has 0 amide bonds. The van der Waals surface area contributed by atoms with Gasteiger partial charge in [-0.3, -0.25) is 0 Å². The molecule has 2 rings (SSSR count). The van der Waals surface area contributed by atoms with Crippen LogP contribution in [0.5, 0.6) is 0 Å². The summed E-state index contributed by atoms with van der Waals surface area (Å²) in [6.45, 7) is 1.46. The van der Waals surface area contributed by atoms with Gasteiger partial charge in [0.15, 0.2) is 17.5 Å². The summed E-state index contributed by atoms with van der Waals surface area (Å²) in [5.74, 6) is 0.801. The lowest BCUT2D eigenvalue weighted by atomic mass is 9.96. The van der Waals surface area contributed by atoms with Crippen molar-refractivity contribution in [1.82, 2.24) is 0 Å². The Balaban J connectivity index is 2.36. The van der Waals surface area contributed by atoms with Crippen molar-refractivity contribution in [2.75, 3.05) is 0 Å². The van der Waals surface area contributed by atoms with Crippen LogP contribution in [0.1, 0.15) is 18.1 Å². The fourth-order valence-corrected chi connectivity index (χ4v) is 1.66. The number of rotatable bonds is 1. The predicted molar refractivity (Wildman–Crippen MR) is 69.2 cm³/mol. The lowest BCUT2D eigenvalue weighted by molar-refractivity contribution is 0.122. The minimum absolute atomic E-state index is 0.0439. The summed E-state index contributed by atoms with van der Waals surface area (Å²) in [4.78, 5) is 0. The van der Waals surface area contributed by atoms with E-state index in [4.69, 9.17) is 0 Å². The highest BCUT2D eigenvalue weighted by molar-refractivity contribution is 5.40. The van der Waals surface area contributed by atoms with E-state index in [0.29, 0.717) is 5.56 Å². The van der Waals surface area contributed by atoms with E-state index in [0.717, 1.165) is 12.1 Å². The summed E-state index contributed by atoms with van der Waals surface area (Å²) in [7, 11) is 0. The lowest BCUT2D eigenvalue weighted by Gasteiger charge is -2.16. The van der Waals surface area contributed by atoms with Gasteiger partial charge in [-0.15, -0.1) is 0 Å². The molecule has 0 aliphatic carbocycles. The molecule has 1 N–H and O–H groups in total. The van der Waals surface area contributed by atoms with Crippen molar-refractivity contribution in [1.29, 1.82) is 0 Å². The molecule has 102 valence electrons. The van der Waals surface area contributed by atoms with Crippen LogP contribution < -0.4 is 0 Å². The number of halogens is 3. The Hall–Kier alpha value is -2.25. The maximum atomic E-state index is 13.0. The van der Waals surface area contributed by atoms with E-state index in [1.165, 1.54) is 6.92 Å². The van der Waals surface area contributed by atoms with Gasteiger partial charge in [0.05, 0.1) is 0 Å². The minimum Gasteiger partial charge on any atom is -0.374 e. The molecule has 1 nitrogen and oxygen atoms in total. The zero-order valence-corrected chi connectivity index (χ0v) is 10.6. The maximum absolute atomic E-state index is 13.0. The molecule has 1 atom stereocenters. The summed E-state index contributed by atoms with van der Waals surface area (Å²) < 4.78 is 38.9. The minimum atomic E-state index is -1.54. The molecular formula is C16H11F3O. The molecule has 0 bridgehead atoms. The van der Waals surface area contributed by atoms with E-state index < -0.39 is 23.1 Å². The van der Waals surface area contributed by atoms with Crippen LogP contribution in [0.15, 0.2) is 42.5 Å². The molecule has 0 heterocycles. The van der Waals surface area contributed by atoms with Crippen molar-refractivity contribution in [3.63, 3.8) is 0 Å². The molecule has 0 fully saturated rings. The van der Waals surface area contributed by atoms with Crippen LogP contribution in [-0.2, 0) is 5.60 Å². The molecule has 20 heavy (non-hydrogen) atoms. The van der Waals surface area contributed by atoms with Crippen LogP contribution in [0.25, 0.3) is 0 Å². The van der Waals surface area contributed by atoms with E-state index in [-0.39, 0.29) is 5.56 Å². The van der Waals surface area contributed by atoms with Gasteiger partial charge in [-0.2, -0.15) is 0 Å². The molecule has 0 aliphatic heterocycles. The van der Waals surface area contributed by atoms with Crippen LogP contribution in [0.2, 0.25) is 0 Å². The van der Waals surface area contributed by atoms with E-state index in [1.54, 1.807) is 30.3 Å². The number of benzene rings is 2. The maximum Gasteiger partial charge on any atom is 0.194 e. The van der Waals surface area contributed by atoms with Crippen LogP contribution >= 0.6 is 0 Å². The molecule has 4 heteroatoms. The Morgan fingerprint density at radius 1 is 1.00 bits per heavy atom. The normalized spacial score (nSPS) is 13.2. The second-order valence-corrected chi connectivity index (χ2v) is 4.44. The number of aliphatic hydroxyl groups is 1. The summed E-state index contributed by atoms with van der Waals surface area (Å²) >= 11 is 0. The topological polar surface area (TPSA) is 20.2 Å². The van der Waals surface area contributed by atoms with Gasteiger partial charge in [0.2, 0.25) is 0 Å². The molecule has 0 saturated carbocycles. The molecule has 1 unspecified atom stereocenters. The monoisotopic (exact) mass is 276 g/mol. The Morgan fingerprint density at radius 2 is 1.55 bits per heavy atom. The Bertz CT molecular complexity index is 659. The van der Waals surface area contributed by atoms with Crippen LogP contribution in [0.3, 0.4) is 0 Å². The van der Waals surface area contributed by atoms with Gasteiger partial charge in [0, 0.05) is 5.56 Å². The molecule has 2 aromatic rings. The zero-order chi connectivity index (χ0) is 14.8. The van der Waals surface area contributed by atoms with Crippen LogP contribution in [0, 0.1) is 29.3 Å². The van der Waals surface area contributed by atoms with E-state index in [2.05, 4.69) is 11.8 Å². The zero-order valence-electron chi connectivity index (χ0n) is 10.6. The van der Waals surface area contributed by atoms with E-state index in [1.807, 2.05) is 0 Å². The highest BCUT2D eigenvalue weighted by Crippen LogP contribution is 2.19. The summed E-state index contributed by atoms with van der Waals surface area (Å²) in [5.41, 5.74) is -0.962. The SMILES string of the molecule is CC(O)(C#Cc1cc(F)c(F)c(F)c1)c1ccccc1. The first kappa shape index (κ1) is 14.2. The average Bonchev–Trinajstić information content (AvgIpc) is 2.43. The van der Waals surface area contributed by atoms with E-state index in [9.17, 15) is 18.3 Å². The molecule has 0 aliphatic rings. The fourth-order valence-electron chi connectivity index (χ4n) is 1.66. The molecule has 0 saturated heterocycles. The summed E-state index contributed by atoms with van der Waals surface area (Å²) in [6, 6.07) is 10.2. The van der Waals surface area contributed by atoms with Crippen molar-refractivity contribution in [2.24, 2.45) is 0 Å².